The summed E-state index contributed by atoms with van der Waals surface area (Å²) in [6.45, 7) is 0.541. The third kappa shape index (κ3) is 3.33. The number of aryl methyl sites for hydroxylation is 2. The van der Waals surface area contributed by atoms with Crippen LogP contribution in [-0.2, 0) is 13.0 Å². The average molecular weight is 444 g/mol. The van der Waals surface area contributed by atoms with Gasteiger partial charge in [-0.25, -0.2) is 18.6 Å². The Morgan fingerprint density at radius 1 is 1.29 bits per heavy atom. The molecule has 2 aliphatic rings. The quantitative estimate of drug-likeness (QED) is 0.645. The molecule has 0 spiro atoms. The molecule has 1 N–H and O–H groups in total. The first-order valence-corrected chi connectivity index (χ1v) is 10.6. The third-order valence-electron chi connectivity index (χ3n) is 5.91. The number of carbonyl (C=O) groups is 1. The summed E-state index contributed by atoms with van der Waals surface area (Å²) in [6, 6.07) is 5.18. The van der Waals surface area contributed by atoms with Crippen LogP contribution in [0.1, 0.15) is 39.7 Å². The van der Waals surface area contributed by atoms with Crippen LogP contribution in [0.25, 0.3) is 21.7 Å². The molecular formula is C22H18F2N2O4S. The molecule has 3 aromatic rings. The van der Waals surface area contributed by atoms with Crippen LogP contribution in [0.3, 0.4) is 0 Å². The van der Waals surface area contributed by atoms with E-state index in [9.17, 15) is 23.5 Å². The second-order valence-corrected chi connectivity index (χ2v) is 8.98. The molecule has 0 unspecified atom stereocenters. The average Bonchev–Trinajstić information content (AvgIpc) is 3.20. The van der Waals surface area contributed by atoms with Crippen molar-refractivity contribution in [3.8, 4) is 27.4 Å². The zero-order chi connectivity index (χ0) is 21.9. The summed E-state index contributed by atoms with van der Waals surface area (Å²) in [6.07, 6.45) is 3.41. The van der Waals surface area contributed by atoms with E-state index in [1.807, 2.05) is 12.1 Å². The summed E-state index contributed by atoms with van der Waals surface area (Å²) < 4.78 is 33.8. The van der Waals surface area contributed by atoms with Gasteiger partial charge in [0.2, 0.25) is 5.92 Å². The maximum atomic E-state index is 13.2. The highest BCUT2D eigenvalue weighted by atomic mass is 32.1. The lowest BCUT2D eigenvalue weighted by atomic mass is 9.82. The van der Waals surface area contributed by atoms with Gasteiger partial charge < -0.3 is 14.4 Å². The summed E-state index contributed by atoms with van der Waals surface area (Å²) in [5.41, 5.74) is 2.48. The van der Waals surface area contributed by atoms with Crippen LogP contribution < -0.4 is 10.2 Å². The van der Waals surface area contributed by atoms with Crippen LogP contribution in [0.4, 0.5) is 8.78 Å². The van der Waals surface area contributed by atoms with Gasteiger partial charge in [-0.05, 0) is 24.1 Å². The van der Waals surface area contributed by atoms with Crippen LogP contribution in [0.5, 0.6) is 5.75 Å². The molecule has 0 amide bonds. The minimum atomic E-state index is -2.59. The van der Waals surface area contributed by atoms with Crippen molar-refractivity contribution in [2.75, 3.05) is 7.11 Å². The molecule has 1 aliphatic carbocycles. The monoisotopic (exact) mass is 444 g/mol. The van der Waals surface area contributed by atoms with Crippen LogP contribution in [-0.4, -0.2) is 33.7 Å². The predicted octanol–water partition coefficient (Wildman–Crippen LogP) is 4.41. The minimum Gasteiger partial charge on any atom is -0.496 e. The van der Waals surface area contributed by atoms with Gasteiger partial charge in [-0.1, -0.05) is 0 Å². The summed E-state index contributed by atoms with van der Waals surface area (Å²) in [7, 11) is 1.54. The molecule has 9 heteroatoms. The number of thiazole rings is 1. The number of ether oxygens (including phenoxy) is 1. The second kappa shape index (κ2) is 6.98. The number of nitrogens with zero attached hydrogens (tertiary/aromatic N) is 2. The van der Waals surface area contributed by atoms with Crippen LogP contribution in [0.15, 0.2) is 35.4 Å². The number of halogens is 2. The Hall–Kier alpha value is -3.07. The molecule has 0 bridgehead atoms. The van der Waals surface area contributed by atoms with Crippen molar-refractivity contribution < 1.29 is 23.4 Å². The Labute approximate surface area is 179 Å². The fourth-order valence-electron chi connectivity index (χ4n) is 4.26. The molecule has 5 rings (SSSR count). The van der Waals surface area contributed by atoms with E-state index in [0.29, 0.717) is 29.4 Å². The van der Waals surface area contributed by atoms with Gasteiger partial charge in [-0.3, -0.25) is 4.79 Å². The number of pyridine rings is 1. The number of aromatic carboxylic acids is 1. The maximum absolute atomic E-state index is 13.2. The van der Waals surface area contributed by atoms with Gasteiger partial charge in [0, 0.05) is 54.9 Å². The zero-order valence-electron chi connectivity index (χ0n) is 16.5. The molecule has 6 nitrogen and oxygen atoms in total. The van der Waals surface area contributed by atoms with Crippen molar-refractivity contribution >= 4 is 17.3 Å². The Balaban J connectivity index is 1.55. The fraction of sp³-hybridized carbons (Fsp3) is 0.318. The third-order valence-corrected chi connectivity index (χ3v) is 7.10. The number of alkyl halides is 2. The fourth-order valence-corrected chi connectivity index (χ4v) is 5.30. The number of hydrogen-bond donors (Lipinski definition) is 1. The lowest BCUT2D eigenvalue weighted by Crippen LogP contribution is -2.33. The first-order chi connectivity index (χ1) is 14.8. The van der Waals surface area contributed by atoms with Crippen molar-refractivity contribution in [1.82, 2.24) is 9.55 Å². The van der Waals surface area contributed by atoms with Crippen molar-refractivity contribution in [1.29, 1.82) is 0 Å². The van der Waals surface area contributed by atoms with E-state index in [0.717, 1.165) is 21.6 Å². The van der Waals surface area contributed by atoms with Crippen LogP contribution >= 0.6 is 11.3 Å². The van der Waals surface area contributed by atoms with Crippen molar-refractivity contribution in [2.24, 2.45) is 0 Å². The maximum Gasteiger partial charge on any atom is 0.341 e. The van der Waals surface area contributed by atoms with Crippen LogP contribution in [0.2, 0.25) is 0 Å². The minimum absolute atomic E-state index is 0.162. The highest BCUT2D eigenvalue weighted by Crippen LogP contribution is 2.50. The van der Waals surface area contributed by atoms with Gasteiger partial charge in [0.1, 0.15) is 11.3 Å². The van der Waals surface area contributed by atoms with E-state index in [4.69, 9.17) is 4.74 Å². The summed E-state index contributed by atoms with van der Waals surface area (Å²) >= 11 is 1.40. The molecule has 160 valence electrons. The molecule has 1 saturated carbocycles. The molecule has 0 atom stereocenters. The van der Waals surface area contributed by atoms with Gasteiger partial charge >= 0.3 is 5.97 Å². The number of fused-ring (bicyclic) bond motifs is 3. The molecule has 0 radical (unpaired) electrons. The number of benzene rings is 1. The van der Waals surface area contributed by atoms with Gasteiger partial charge in [0.25, 0.3) is 0 Å². The lowest BCUT2D eigenvalue weighted by Gasteiger charge is -2.33. The number of carboxylic acids is 1. The first kappa shape index (κ1) is 19.9. The van der Waals surface area contributed by atoms with Crippen LogP contribution in [0, 0.1) is 0 Å². The van der Waals surface area contributed by atoms with E-state index in [2.05, 4.69) is 4.98 Å². The normalized spacial score (nSPS) is 16.9. The molecule has 2 aromatic heterocycles. The van der Waals surface area contributed by atoms with Crippen molar-refractivity contribution in [3.05, 3.63) is 57.0 Å². The van der Waals surface area contributed by atoms with Crippen molar-refractivity contribution in [3.63, 3.8) is 0 Å². The first-order valence-electron chi connectivity index (χ1n) is 9.79. The number of hydrogen-bond acceptors (Lipinski definition) is 5. The second-order valence-electron chi connectivity index (χ2n) is 7.92. The lowest BCUT2D eigenvalue weighted by molar-refractivity contribution is -0.0867. The van der Waals surface area contributed by atoms with Crippen molar-refractivity contribution in [2.45, 2.75) is 37.6 Å². The van der Waals surface area contributed by atoms with E-state index in [1.54, 1.807) is 17.9 Å². The number of carboxylic acid groups (broad SMARTS) is 1. The summed E-state index contributed by atoms with van der Waals surface area (Å²) in [5, 5.41) is 9.93. The molecule has 0 saturated heterocycles. The topological polar surface area (TPSA) is 81.4 Å². The van der Waals surface area contributed by atoms with E-state index in [-0.39, 0.29) is 24.3 Å². The van der Waals surface area contributed by atoms with Gasteiger partial charge in [-0.15, -0.1) is 11.3 Å². The number of aromatic nitrogens is 2. The van der Waals surface area contributed by atoms with Gasteiger partial charge in [0.15, 0.2) is 5.43 Å². The standard InChI is InChI=1S/C22H18F2N2O4S/c1-30-18-5-13-11(2-3-26-10-15(21(28)29)17(27)6-16(13)26)4-14(18)19-9-25-20(31-19)12-7-22(23,24)8-12/h4-6,9-10,12H,2-3,7-8H2,1H3,(H,28,29). The Morgan fingerprint density at radius 3 is 2.74 bits per heavy atom. The predicted molar refractivity (Wildman–Crippen MR) is 111 cm³/mol. The molecule has 3 heterocycles. The molecule has 1 aliphatic heterocycles. The molecule has 1 fully saturated rings. The summed E-state index contributed by atoms with van der Waals surface area (Å²) in [5.74, 6) is -3.47. The largest absolute Gasteiger partial charge is 0.496 e. The van der Waals surface area contributed by atoms with E-state index >= 15 is 0 Å². The zero-order valence-corrected chi connectivity index (χ0v) is 17.3. The smallest absolute Gasteiger partial charge is 0.341 e. The highest BCUT2D eigenvalue weighted by Gasteiger charge is 2.47. The van der Waals surface area contributed by atoms with E-state index in [1.165, 1.54) is 23.6 Å². The number of rotatable bonds is 4. The van der Waals surface area contributed by atoms with Gasteiger partial charge in [0.05, 0.1) is 22.7 Å². The molecule has 1 aromatic carbocycles. The Morgan fingerprint density at radius 2 is 2.06 bits per heavy atom. The Kier molecular flexibility index (Phi) is 4.47. The molecule has 31 heavy (non-hydrogen) atoms. The number of methoxy groups -OCH3 is 1. The van der Waals surface area contributed by atoms with E-state index < -0.39 is 17.3 Å². The molecular weight excluding hydrogens is 426 g/mol. The SMILES string of the molecule is COc1cc2c(cc1-c1cnc(C3CC(F)(F)C3)s1)CCn1cc(C(=O)O)c(=O)cc1-2. The summed E-state index contributed by atoms with van der Waals surface area (Å²) in [4.78, 5) is 28.7. The highest BCUT2D eigenvalue weighted by molar-refractivity contribution is 7.15. The Bertz CT molecular complexity index is 1270. The van der Waals surface area contributed by atoms with Gasteiger partial charge in [-0.2, -0.15) is 0 Å².